The van der Waals surface area contributed by atoms with Gasteiger partial charge in [-0.15, -0.1) is 0 Å². The minimum absolute atomic E-state index is 0.0842. The van der Waals surface area contributed by atoms with Crippen LogP contribution in [0.25, 0.3) is 0 Å². The van der Waals surface area contributed by atoms with E-state index in [1.807, 2.05) is 26.6 Å². The number of amides is 2. The van der Waals surface area contributed by atoms with E-state index in [9.17, 15) is 9.59 Å². The zero-order valence-corrected chi connectivity index (χ0v) is 12.2. The number of nitrogens with one attached hydrogen (secondary N) is 1. The number of hydrogen-bond donors (Lipinski definition) is 1. The van der Waals surface area contributed by atoms with Crippen LogP contribution in [0, 0.1) is 5.92 Å². The van der Waals surface area contributed by atoms with Crippen LogP contribution in [-0.4, -0.2) is 60.9 Å². The molecule has 0 saturated carbocycles. The van der Waals surface area contributed by atoms with Gasteiger partial charge in [0.05, 0.1) is 11.5 Å². The highest BCUT2D eigenvalue weighted by Gasteiger charge is 2.30. The third kappa shape index (κ3) is 2.71. The van der Waals surface area contributed by atoms with Gasteiger partial charge in [0.15, 0.2) is 0 Å². The van der Waals surface area contributed by atoms with E-state index in [1.165, 1.54) is 11.3 Å². The molecule has 0 bridgehead atoms. The van der Waals surface area contributed by atoms with Crippen molar-refractivity contribution in [2.75, 3.05) is 39.3 Å². The average molecular weight is 293 g/mol. The first-order chi connectivity index (χ1) is 9.75. The maximum Gasteiger partial charge on any atom is 0.254 e. The van der Waals surface area contributed by atoms with Crippen molar-refractivity contribution < 1.29 is 9.59 Å². The molecule has 1 N–H and O–H groups in total. The van der Waals surface area contributed by atoms with E-state index in [0.29, 0.717) is 26.2 Å². The van der Waals surface area contributed by atoms with Gasteiger partial charge in [-0.05, 0) is 24.4 Å². The summed E-state index contributed by atoms with van der Waals surface area (Å²) >= 11 is 1.54. The van der Waals surface area contributed by atoms with Crippen molar-refractivity contribution in [3.8, 4) is 0 Å². The zero-order chi connectivity index (χ0) is 13.9. The molecular weight excluding hydrogens is 274 g/mol. The summed E-state index contributed by atoms with van der Waals surface area (Å²) in [7, 11) is 0. The molecule has 0 aliphatic carbocycles. The van der Waals surface area contributed by atoms with Gasteiger partial charge < -0.3 is 15.1 Å². The number of carbonyl (C=O) groups is 2. The van der Waals surface area contributed by atoms with Crippen molar-refractivity contribution in [3.63, 3.8) is 0 Å². The van der Waals surface area contributed by atoms with Crippen LogP contribution in [0.5, 0.6) is 0 Å². The van der Waals surface area contributed by atoms with E-state index in [4.69, 9.17) is 0 Å². The Morgan fingerprint density at radius 1 is 1.20 bits per heavy atom. The number of nitrogens with zero attached hydrogens (tertiary/aromatic N) is 2. The number of rotatable bonds is 2. The Hall–Kier alpha value is -1.40. The van der Waals surface area contributed by atoms with Crippen LogP contribution in [0.1, 0.15) is 16.8 Å². The van der Waals surface area contributed by atoms with Gasteiger partial charge in [0.2, 0.25) is 5.91 Å². The second kappa shape index (κ2) is 5.93. The molecule has 1 atom stereocenters. The van der Waals surface area contributed by atoms with E-state index >= 15 is 0 Å². The summed E-state index contributed by atoms with van der Waals surface area (Å²) in [5.41, 5.74) is 0.759. The Balaban J connectivity index is 1.54. The lowest BCUT2D eigenvalue weighted by Crippen LogP contribution is -2.52. The third-order valence-corrected chi connectivity index (χ3v) is 4.74. The molecule has 2 aliphatic rings. The molecule has 0 aromatic carbocycles. The van der Waals surface area contributed by atoms with Crippen LogP contribution in [0.4, 0.5) is 0 Å². The van der Waals surface area contributed by atoms with Gasteiger partial charge >= 0.3 is 0 Å². The first-order valence-corrected chi connectivity index (χ1v) is 8.01. The van der Waals surface area contributed by atoms with Crippen LogP contribution in [0.3, 0.4) is 0 Å². The Labute approximate surface area is 122 Å². The molecule has 1 aromatic heterocycles. The van der Waals surface area contributed by atoms with Crippen LogP contribution in [0.2, 0.25) is 0 Å². The van der Waals surface area contributed by atoms with Crippen molar-refractivity contribution in [2.45, 2.75) is 6.42 Å². The molecule has 108 valence electrons. The zero-order valence-electron chi connectivity index (χ0n) is 11.4. The van der Waals surface area contributed by atoms with Crippen molar-refractivity contribution in [2.24, 2.45) is 5.92 Å². The van der Waals surface area contributed by atoms with E-state index < -0.39 is 0 Å². The largest absolute Gasteiger partial charge is 0.339 e. The molecule has 2 aliphatic heterocycles. The summed E-state index contributed by atoms with van der Waals surface area (Å²) < 4.78 is 0. The van der Waals surface area contributed by atoms with Crippen LogP contribution >= 0.6 is 11.3 Å². The van der Waals surface area contributed by atoms with Gasteiger partial charge in [-0.25, -0.2) is 0 Å². The van der Waals surface area contributed by atoms with E-state index in [1.54, 1.807) is 0 Å². The summed E-state index contributed by atoms with van der Waals surface area (Å²) in [6, 6.07) is 1.86. The van der Waals surface area contributed by atoms with Gasteiger partial charge in [0.25, 0.3) is 5.91 Å². The monoisotopic (exact) mass is 293 g/mol. The Kier molecular flexibility index (Phi) is 4.03. The fourth-order valence-electron chi connectivity index (χ4n) is 2.82. The standard InChI is InChI=1S/C14H19N3O2S/c18-13(11-1-3-15-9-11)16-4-6-17(7-5-16)14(19)12-2-8-20-10-12/h2,8,10-11,15H,1,3-7,9H2. The van der Waals surface area contributed by atoms with Gasteiger partial charge in [-0.3, -0.25) is 9.59 Å². The molecule has 0 spiro atoms. The van der Waals surface area contributed by atoms with Crippen LogP contribution in [-0.2, 0) is 4.79 Å². The maximum atomic E-state index is 12.3. The number of thiophene rings is 1. The lowest BCUT2D eigenvalue weighted by atomic mass is 10.1. The van der Waals surface area contributed by atoms with E-state index in [-0.39, 0.29) is 17.7 Å². The number of carbonyl (C=O) groups excluding carboxylic acids is 2. The number of piperazine rings is 1. The Bertz CT molecular complexity index is 475. The van der Waals surface area contributed by atoms with Crippen molar-refractivity contribution in [1.29, 1.82) is 0 Å². The second-order valence-corrected chi connectivity index (χ2v) is 6.10. The summed E-state index contributed by atoms with van der Waals surface area (Å²) in [4.78, 5) is 28.3. The maximum absolute atomic E-state index is 12.3. The normalized spacial score (nSPS) is 23.1. The first-order valence-electron chi connectivity index (χ1n) is 7.06. The van der Waals surface area contributed by atoms with Crippen LogP contribution in [0.15, 0.2) is 16.8 Å². The summed E-state index contributed by atoms with van der Waals surface area (Å²) in [5, 5.41) is 7.02. The summed E-state index contributed by atoms with van der Waals surface area (Å²) in [6.45, 7) is 4.33. The molecule has 2 saturated heterocycles. The van der Waals surface area contributed by atoms with Gasteiger partial charge in [-0.2, -0.15) is 11.3 Å². The van der Waals surface area contributed by atoms with Crippen LogP contribution < -0.4 is 5.32 Å². The third-order valence-electron chi connectivity index (χ3n) is 4.06. The Morgan fingerprint density at radius 2 is 1.95 bits per heavy atom. The van der Waals surface area contributed by atoms with Gasteiger partial charge in [0, 0.05) is 38.1 Å². The molecule has 20 heavy (non-hydrogen) atoms. The molecular formula is C14H19N3O2S. The topological polar surface area (TPSA) is 52.7 Å². The second-order valence-electron chi connectivity index (χ2n) is 5.32. The molecule has 2 amide bonds. The lowest BCUT2D eigenvalue weighted by Gasteiger charge is -2.35. The summed E-state index contributed by atoms with van der Waals surface area (Å²) in [5.74, 6) is 0.465. The minimum atomic E-state index is 0.0842. The predicted octanol–water partition coefficient (Wildman–Crippen LogP) is 0.642. The molecule has 1 unspecified atom stereocenters. The molecule has 5 nitrogen and oxygen atoms in total. The van der Waals surface area contributed by atoms with Crippen molar-refractivity contribution in [1.82, 2.24) is 15.1 Å². The number of hydrogen-bond acceptors (Lipinski definition) is 4. The fraction of sp³-hybridized carbons (Fsp3) is 0.571. The lowest BCUT2D eigenvalue weighted by molar-refractivity contribution is -0.136. The highest BCUT2D eigenvalue weighted by atomic mass is 32.1. The average Bonchev–Trinajstić information content (AvgIpc) is 3.18. The molecule has 3 rings (SSSR count). The minimum Gasteiger partial charge on any atom is -0.339 e. The fourth-order valence-corrected chi connectivity index (χ4v) is 3.45. The summed E-state index contributed by atoms with van der Waals surface area (Å²) in [6.07, 6.45) is 0.937. The van der Waals surface area contributed by atoms with Gasteiger partial charge in [0.1, 0.15) is 0 Å². The molecule has 0 radical (unpaired) electrons. The SMILES string of the molecule is O=C(c1ccsc1)N1CCN(C(=O)C2CCNC2)CC1. The quantitative estimate of drug-likeness (QED) is 0.871. The molecule has 3 heterocycles. The highest BCUT2D eigenvalue weighted by Crippen LogP contribution is 2.15. The van der Waals surface area contributed by atoms with Crippen molar-refractivity contribution in [3.05, 3.63) is 22.4 Å². The molecule has 2 fully saturated rings. The first kappa shape index (κ1) is 13.6. The van der Waals surface area contributed by atoms with E-state index in [2.05, 4.69) is 5.32 Å². The van der Waals surface area contributed by atoms with Gasteiger partial charge in [-0.1, -0.05) is 0 Å². The Morgan fingerprint density at radius 3 is 2.55 bits per heavy atom. The molecule has 1 aromatic rings. The molecule has 6 heteroatoms. The van der Waals surface area contributed by atoms with E-state index in [0.717, 1.165) is 25.1 Å². The predicted molar refractivity (Wildman–Crippen MR) is 77.8 cm³/mol. The highest BCUT2D eigenvalue weighted by molar-refractivity contribution is 7.08. The smallest absolute Gasteiger partial charge is 0.254 e. The van der Waals surface area contributed by atoms with Crippen molar-refractivity contribution >= 4 is 23.2 Å².